The molecule has 0 aliphatic carbocycles. The van der Waals surface area contributed by atoms with E-state index >= 15 is 0 Å². The Morgan fingerprint density at radius 2 is 2.25 bits per heavy atom. The number of aliphatic hydroxyl groups excluding tert-OH is 1. The van der Waals surface area contributed by atoms with Gasteiger partial charge in [0, 0.05) is 10.6 Å². The van der Waals surface area contributed by atoms with Crippen molar-refractivity contribution in [2.75, 3.05) is 0 Å². The topological polar surface area (TPSA) is 132 Å². The van der Waals surface area contributed by atoms with Gasteiger partial charge in [-0.3, -0.25) is 4.79 Å². The molecule has 0 radical (unpaired) electrons. The molecule has 7 nitrogen and oxygen atoms in total. The number of azide groups is 1. The zero-order chi connectivity index (χ0) is 12.1. The Morgan fingerprint density at radius 1 is 1.56 bits per heavy atom. The number of carbonyl (C=O) groups is 1. The van der Waals surface area contributed by atoms with Crippen LogP contribution in [0.1, 0.15) is 11.7 Å². The van der Waals surface area contributed by atoms with E-state index in [-0.39, 0.29) is 5.69 Å². The molecule has 0 bridgehead atoms. The lowest BCUT2D eigenvalue weighted by Gasteiger charge is -2.15. The van der Waals surface area contributed by atoms with Crippen LogP contribution >= 0.6 is 0 Å². The van der Waals surface area contributed by atoms with Gasteiger partial charge in [-0.05, 0) is 17.2 Å². The third-order valence-corrected chi connectivity index (χ3v) is 2.00. The number of hydrogen-bond acceptors (Lipinski definition) is 4. The molecule has 7 heteroatoms. The molecule has 0 saturated heterocycles. The standard InChI is InChI=1S/C9H10N4O3/c10-7(9(15)16)8(14)5-2-1-3-6(4-5)12-13-11/h1-4,7-8,14H,10H2,(H,15,16). The summed E-state index contributed by atoms with van der Waals surface area (Å²) in [6.07, 6.45) is -1.34. The van der Waals surface area contributed by atoms with E-state index in [1.807, 2.05) is 0 Å². The summed E-state index contributed by atoms with van der Waals surface area (Å²) in [5, 5.41) is 21.6. The van der Waals surface area contributed by atoms with Gasteiger partial charge in [0.25, 0.3) is 0 Å². The number of carboxylic acid groups (broad SMARTS) is 1. The largest absolute Gasteiger partial charge is 0.480 e. The zero-order valence-corrected chi connectivity index (χ0v) is 8.19. The van der Waals surface area contributed by atoms with Gasteiger partial charge in [0.05, 0.1) is 0 Å². The van der Waals surface area contributed by atoms with Gasteiger partial charge < -0.3 is 15.9 Å². The second-order valence-electron chi connectivity index (χ2n) is 3.09. The van der Waals surface area contributed by atoms with E-state index in [2.05, 4.69) is 10.0 Å². The highest BCUT2D eigenvalue weighted by Crippen LogP contribution is 2.21. The van der Waals surface area contributed by atoms with Crippen molar-refractivity contribution in [3.05, 3.63) is 40.3 Å². The maximum Gasteiger partial charge on any atom is 0.323 e. The predicted octanol–water partition coefficient (Wildman–Crippen LogP) is 1.07. The van der Waals surface area contributed by atoms with Gasteiger partial charge >= 0.3 is 5.97 Å². The van der Waals surface area contributed by atoms with Gasteiger partial charge in [0.2, 0.25) is 0 Å². The molecule has 16 heavy (non-hydrogen) atoms. The second kappa shape index (κ2) is 5.13. The van der Waals surface area contributed by atoms with Crippen molar-refractivity contribution in [2.24, 2.45) is 10.8 Å². The Bertz CT molecular complexity index is 442. The van der Waals surface area contributed by atoms with Crippen LogP contribution in [-0.4, -0.2) is 22.2 Å². The highest BCUT2D eigenvalue weighted by molar-refractivity contribution is 5.74. The number of nitrogens with zero attached hydrogens (tertiary/aromatic N) is 3. The Hall–Kier alpha value is -2.08. The minimum Gasteiger partial charge on any atom is -0.480 e. The molecule has 1 rings (SSSR count). The van der Waals surface area contributed by atoms with Gasteiger partial charge in [0.1, 0.15) is 12.1 Å². The third-order valence-electron chi connectivity index (χ3n) is 2.00. The monoisotopic (exact) mass is 222 g/mol. The van der Waals surface area contributed by atoms with Gasteiger partial charge in [-0.25, -0.2) is 0 Å². The first-order valence-corrected chi connectivity index (χ1v) is 4.37. The molecule has 0 amide bonds. The summed E-state index contributed by atoms with van der Waals surface area (Å²) >= 11 is 0. The number of hydrogen-bond donors (Lipinski definition) is 3. The van der Waals surface area contributed by atoms with Crippen LogP contribution < -0.4 is 5.73 Å². The number of carboxylic acids is 1. The molecule has 0 aromatic heterocycles. The van der Waals surface area contributed by atoms with Crippen LogP contribution in [-0.2, 0) is 4.79 Å². The first-order chi connectivity index (χ1) is 7.56. The van der Waals surface area contributed by atoms with E-state index in [0.717, 1.165) is 0 Å². The predicted molar refractivity (Wildman–Crippen MR) is 55.8 cm³/mol. The molecule has 0 heterocycles. The normalized spacial score (nSPS) is 13.6. The van der Waals surface area contributed by atoms with Crippen LogP contribution in [0.3, 0.4) is 0 Å². The highest BCUT2D eigenvalue weighted by Gasteiger charge is 2.23. The smallest absolute Gasteiger partial charge is 0.323 e. The number of nitrogens with two attached hydrogens (primary N) is 1. The molecule has 0 aliphatic rings. The van der Waals surface area contributed by atoms with E-state index in [0.29, 0.717) is 5.56 Å². The summed E-state index contributed by atoms with van der Waals surface area (Å²) < 4.78 is 0. The average Bonchev–Trinajstić information content (AvgIpc) is 2.28. The quantitative estimate of drug-likeness (QED) is 0.399. The minimum absolute atomic E-state index is 0.289. The molecule has 1 aromatic carbocycles. The van der Waals surface area contributed by atoms with Crippen LogP contribution in [0.15, 0.2) is 29.4 Å². The van der Waals surface area contributed by atoms with E-state index in [9.17, 15) is 9.90 Å². The van der Waals surface area contributed by atoms with Crippen molar-refractivity contribution in [3.8, 4) is 0 Å². The number of aliphatic hydroxyl groups is 1. The fraction of sp³-hybridized carbons (Fsp3) is 0.222. The summed E-state index contributed by atoms with van der Waals surface area (Å²) in [5.74, 6) is -1.30. The maximum absolute atomic E-state index is 10.6. The summed E-state index contributed by atoms with van der Waals surface area (Å²) in [6, 6.07) is 4.54. The Morgan fingerprint density at radius 3 is 2.81 bits per heavy atom. The van der Waals surface area contributed by atoms with E-state index in [1.165, 1.54) is 24.3 Å². The zero-order valence-electron chi connectivity index (χ0n) is 8.19. The van der Waals surface area contributed by atoms with Gasteiger partial charge in [0.15, 0.2) is 0 Å². The van der Waals surface area contributed by atoms with Crippen molar-refractivity contribution in [1.29, 1.82) is 0 Å². The van der Waals surface area contributed by atoms with E-state index < -0.39 is 18.1 Å². The van der Waals surface area contributed by atoms with Crippen molar-refractivity contribution in [2.45, 2.75) is 12.1 Å². The molecule has 0 saturated carbocycles. The molecule has 0 fully saturated rings. The van der Waals surface area contributed by atoms with Crippen LogP contribution in [0.4, 0.5) is 5.69 Å². The number of benzene rings is 1. The van der Waals surface area contributed by atoms with Crippen molar-refractivity contribution in [3.63, 3.8) is 0 Å². The van der Waals surface area contributed by atoms with Crippen molar-refractivity contribution >= 4 is 11.7 Å². The van der Waals surface area contributed by atoms with E-state index in [4.69, 9.17) is 16.4 Å². The average molecular weight is 222 g/mol. The van der Waals surface area contributed by atoms with Crippen LogP contribution in [0.25, 0.3) is 10.4 Å². The molecule has 0 spiro atoms. The van der Waals surface area contributed by atoms with Crippen molar-refractivity contribution in [1.82, 2.24) is 0 Å². The minimum atomic E-state index is -1.42. The molecule has 4 N–H and O–H groups in total. The Labute approximate surface area is 90.7 Å². The highest BCUT2D eigenvalue weighted by atomic mass is 16.4. The first-order valence-electron chi connectivity index (χ1n) is 4.37. The molecule has 1 aromatic rings. The van der Waals surface area contributed by atoms with E-state index in [1.54, 1.807) is 0 Å². The SMILES string of the molecule is [N-]=[N+]=Nc1cccc(C(O)C(N)C(=O)O)c1. The summed E-state index contributed by atoms with van der Waals surface area (Å²) in [7, 11) is 0. The Balaban J connectivity index is 2.99. The first kappa shape index (κ1) is 12.0. The van der Waals surface area contributed by atoms with Gasteiger partial charge in [-0.2, -0.15) is 0 Å². The molecule has 2 unspecified atom stereocenters. The van der Waals surface area contributed by atoms with Crippen molar-refractivity contribution < 1.29 is 15.0 Å². The summed E-state index contributed by atoms with van der Waals surface area (Å²) in [6.45, 7) is 0. The third kappa shape index (κ3) is 2.71. The lowest BCUT2D eigenvalue weighted by Crippen LogP contribution is -2.36. The lowest BCUT2D eigenvalue weighted by atomic mass is 10.0. The molecule has 0 aliphatic heterocycles. The summed E-state index contributed by atoms with van der Waals surface area (Å²) in [4.78, 5) is 13.1. The lowest BCUT2D eigenvalue weighted by molar-refractivity contribution is -0.141. The van der Waals surface area contributed by atoms with Crippen LogP contribution in [0, 0.1) is 0 Å². The molecule has 84 valence electrons. The van der Waals surface area contributed by atoms with Crippen LogP contribution in [0.5, 0.6) is 0 Å². The number of aliphatic carboxylic acids is 1. The van der Waals surface area contributed by atoms with Crippen LogP contribution in [0.2, 0.25) is 0 Å². The summed E-state index contributed by atoms with van der Waals surface area (Å²) in [5.41, 5.74) is 14.1. The second-order valence-corrected chi connectivity index (χ2v) is 3.09. The maximum atomic E-state index is 10.6. The van der Waals surface area contributed by atoms with Gasteiger partial charge in [-0.1, -0.05) is 23.3 Å². The molecular weight excluding hydrogens is 212 g/mol. The number of rotatable bonds is 4. The van der Waals surface area contributed by atoms with Gasteiger partial charge in [-0.15, -0.1) is 0 Å². The molecule has 2 atom stereocenters. The Kier molecular flexibility index (Phi) is 3.84. The fourth-order valence-electron chi connectivity index (χ4n) is 1.16. The fourth-order valence-corrected chi connectivity index (χ4v) is 1.16. The molecular formula is C9H10N4O3.